The van der Waals surface area contributed by atoms with E-state index in [-0.39, 0.29) is 31.7 Å². The zero-order valence-corrected chi connectivity index (χ0v) is 34.7. The van der Waals surface area contributed by atoms with Crippen molar-refractivity contribution in [1.29, 1.82) is 0 Å². The number of sulfonamides is 1. The van der Waals surface area contributed by atoms with Gasteiger partial charge in [0.25, 0.3) is 5.91 Å². The van der Waals surface area contributed by atoms with Crippen LogP contribution in [0, 0.1) is 5.92 Å². The largest absolute Gasteiger partial charge is 0.494 e. The Kier molecular flexibility index (Phi) is 12.2. The van der Waals surface area contributed by atoms with E-state index in [4.69, 9.17) is 18.9 Å². The zero-order valence-electron chi connectivity index (χ0n) is 33.9. The molecule has 0 spiro atoms. The third-order valence-corrected chi connectivity index (χ3v) is 14.2. The first-order valence-corrected chi connectivity index (χ1v) is 21.4. The number of hydrogen-bond donors (Lipinski definition) is 3. The summed E-state index contributed by atoms with van der Waals surface area (Å²) in [5, 5.41) is 6.35. The Morgan fingerprint density at radius 3 is 2.44 bits per heavy atom. The molecule has 15 nitrogen and oxygen atoms in total. The molecule has 3 fully saturated rings. The second kappa shape index (κ2) is 16.4. The summed E-state index contributed by atoms with van der Waals surface area (Å²) in [6.07, 6.45) is -2.07. The van der Waals surface area contributed by atoms with E-state index in [1.807, 2.05) is 0 Å². The van der Waals surface area contributed by atoms with Gasteiger partial charge in [0, 0.05) is 23.1 Å². The topological polar surface area (TPSA) is 192 Å². The highest BCUT2D eigenvalue weighted by Gasteiger charge is 2.63. The van der Waals surface area contributed by atoms with Crippen LogP contribution < -0.4 is 24.8 Å². The predicted octanol–water partition coefficient (Wildman–Crippen LogP) is 4.82. The molecule has 2 aliphatic heterocycles. The molecule has 2 aromatic rings. The van der Waals surface area contributed by atoms with Gasteiger partial charge in [-0.05, 0) is 71.8 Å². The summed E-state index contributed by atoms with van der Waals surface area (Å²) >= 11 is 0. The average molecular weight is 852 g/mol. The number of pyridine rings is 1. The van der Waals surface area contributed by atoms with Crippen molar-refractivity contribution >= 4 is 44.6 Å². The van der Waals surface area contributed by atoms with Gasteiger partial charge in [-0.15, -0.1) is 0 Å². The smallest absolute Gasteiger partial charge is 0.427 e. The van der Waals surface area contributed by atoms with Crippen molar-refractivity contribution < 1.29 is 59.7 Å². The molecule has 7 atom stereocenters. The van der Waals surface area contributed by atoms with Crippen LogP contribution >= 0.6 is 0 Å². The van der Waals surface area contributed by atoms with Crippen molar-refractivity contribution in [3.8, 4) is 11.6 Å². The number of amides is 4. The van der Waals surface area contributed by atoms with Crippen LogP contribution in [-0.2, 0) is 33.9 Å². The Bertz CT molecular complexity index is 2090. The number of methoxy groups -OCH3 is 1. The highest BCUT2D eigenvalue weighted by molar-refractivity contribution is 7.91. The molecular weight excluding hydrogens is 800 g/mol. The van der Waals surface area contributed by atoms with Gasteiger partial charge in [0.05, 0.1) is 36.8 Å². The lowest BCUT2D eigenvalue weighted by Gasteiger charge is -2.35. The standard InChI is InChI=1S/C40H52F3N5O10S/c1-7-29-31(45-36(52)58-37(4,5)40(41,42)43)34(50)48-22-25(57-33-27-16-12-11-15-26(27)30(55-6)21-44-33)19-28(48)32(49)46-39(20-24(39)14-10-9-13-23(3)56-29)35(51)47-59(53,54)38(8-2)17-18-38/h10-12,14-16,21,23-25,28-29,31H,7-9,13,17-20,22H2,1-6H3,(H,45,52)(H,46,49)(H,47,51)/b14-10-/t23-,24-,25-,28+,29+,31+,39-/m1/s1. The highest BCUT2D eigenvalue weighted by atomic mass is 32.2. The fraction of sp³-hybridized carbons (Fsp3) is 0.625. The molecule has 0 bridgehead atoms. The van der Waals surface area contributed by atoms with Crippen LogP contribution in [0.1, 0.15) is 86.0 Å². The van der Waals surface area contributed by atoms with E-state index in [1.54, 1.807) is 57.2 Å². The molecule has 4 aliphatic rings. The van der Waals surface area contributed by atoms with Gasteiger partial charge in [0.15, 0.2) is 0 Å². The van der Waals surface area contributed by atoms with Gasteiger partial charge in [0.2, 0.25) is 33.3 Å². The van der Waals surface area contributed by atoms with Crippen LogP contribution in [-0.4, -0.2) is 108 Å². The molecule has 1 aromatic carbocycles. The van der Waals surface area contributed by atoms with Gasteiger partial charge < -0.3 is 34.5 Å². The van der Waals surface area contributed by atoms with Crippen LogP contribution in [0.25, 0.3) is 10.8 Å². The first kappa shape index (κ1) is 43.9. The lowest BCUT2D eigenvalue weighted by molar-refractivity contribution is -0.244. The Morgan fingerprint density at radius 1 is 1.12 bits per heavy atom. The molecule has 3 heterocycles. The first-order chi connectivity index (χ1) is 27.7. The van der Waals surface area contributed by atoms with Crippen LogP contribution in [0.5, 0.6) is 11.6 Å². The van der Waals surface area contributed by atoms with Gasteiger partial charge in [0.1, 0.15) is 29.5 Å². The number of carbonyl (C=O) groups excluding carboxylic acids is 4. The lowest BCUT2D eigenvalue weighted by Crippen LogP contribution is -2.61. The SMILES string of the molecule is CC[C@@H]1O[C@H](C)CC/C=C\[C@@H]2C[C@@]2(C(=O)NS(=O)(=O)C2(CC)CC2)NC(=O)[C@@H]2C[C@@H](Oc3ncc(OC)c4ccccc34)CN2C(=O)[C@H]1NC(=O)OC(C)(C)C(F)(F)F. The number of nitrogens with one attached hydrogen (secondary N) is 3. The average Bonchev–Trinajstić information content (AvgIpc) is 4.08. The summed E-state index contributed by atoms with van der Waals surface area (Å²) < 4.78 is 92.2. The van der Waals surface area contributed by atoms with E-state index in [9.17, 15) is 40.8 Å². The molecule has 6 rings (SSSR count). The molecule has 19 heteroatoms. The normalized spacial score (nSPS) is 29.1. The molecule has 1 aromatic heterocycles. The third kappa shape index (κ3) is 8.81. The zero-order chi connectivity index (χ0) is 43.1. The molecule has 3 N–H and O–H groups in total. The molecule has 0 radical (unpaired) electrons. The second-order valence-corrected chi connectivity index (χ2v) is 18.4. The van der Waals surface area contributed by atoms with Gasteiger partial charge in [-0.1, -0.05) is 44.2 Å². The number of ether oxygens (including phenoxy) is 4. The van der Waals surface area contributed by atoms with Crippen molar-refractivity contribution in [2.75, 3.05) is 13.7 Å². The Hall–Kier alpha value is -4.65. The minimum Gasteiger partial charge on any atom is -0.494 e. The summed E-state index contributed by atoms with van der Waals surface area (Å²) in [6, 6.07) is 4.11. The molecule has 0 unspecified atom stereocenters. The van der Waals surface area contributed by atoms with Crippen LogP contribution in [0.3, 0.4) is 0 Å². The lowest BCUT2D eigenvalue weighted by atomic mass is 10.0. The molecule has 59 heavy (non-hydrogen) atoms. The molecule has 1 saturated heterocycles. The van der Waals surface area contributed by atoms with Gasteiger partial charge in [-0.25, -0.2) is 18.2 Å². The fourth-order valence-corrected chi connectivity index (χ4v) is 9.46. The Balaban J connectivity index is 1.37. The number of benzene rings is 1. The molecule has 324 valence electrons. The maximum absolute atomic E-state index is 14.8. The Labute approximate surface area is 341 Å². The minimum absolute atomic E-state index is 0.0764. The fourth-order valence-electron chi connectivity index (χ4n) is 7.80. The number of alkyl halides is 3. The quantitative estimate of drug-likeness (QED) is 0.278. The third-order valence-electron chi connectivity index (χ3n) is 11.9. The van der Waals surface area contributed by atoms with E-state index >= 15 is 0 Å². The monoisotopic (exact) mass is 851 g/mol. The van der Waals surface area contributed by atoms with Gasteiger partial charge >= 0.3 is 12.3 Å². The van der Waals surface area contributed by atoms with Crippen LogP contribution in [0.4, 0.5) is 18.0 Å². The number of alkyl carbamates (subject to hydrolysis) is 1. The number of halogens is 3. The maximum atomic E-state index is 14.8. The second-order valence-electron chi connectivity index (χ2n) is 16.3. The van der Waals surface area contributed by atoms with Crippen molar-refractivity contribution in [2.45, 2.75) is 138 Å². The van der Waals surface area contributed by atoms with E-state index in [1.165, 1.54) is 13.3 Å². The number of carbonyl (C=O) groups is 4. The summed E-state index contributed by atoms with van der Waals surface area (Å²) in [7, 11) is -2.62. The van der Waals surface area contributed by atoms with E-state index in [0.717, 1.165) is 4.90 Å². The van der Waals surface area contributed by atoms with Crippen molar-refractivity contribution in [1.82, 2.24) is 25.2 Å². The molecular formula is C40H52F3N5O10S. The summed E-state index contributed by atoms with van der Waals surface area (Å²) in [6.45, 7) is 6.22. The summed E-state index contributed by atoms with van der Waals surface area (Å²) in [4.78, 5) is 62.2. The first-order valence-electron chi connectivity index (χ1n) is 19.9. The maximum Gasteiger partial charge on any atom is 0.427 e. The number of fused-ring (bicyclic) bond motifs is 3. The number of aromatic nitrogens is 1. The van der Waals surface area contributed by atoms with Crippen LogP contribution in [0.15, 0.2) is 42.6 Å². The summed E-state index contributed by atoms with van der Waals surface area (Å²) in [5.41, 5.74) is -4.60. The van der Waals surface area contributed by atoms with Crippen molar-refractivity contribution in [3.05, 3.63) is 42.6 Å². The van der Waals surface area contributed by atoms with Crippen LogP contribution in [0.2, 0.25) is 0 Å². The minimum atomic E-state index is -4.95. The van der Waals surface area contributed by atoms with Crippen molar-refractivity contribution in [3.63, 3.8) is 0 Å². The highest BCUT2D eigenvalue weighted by Crippen LogP contribution is 2.49. The number of nitrogens with zero attached hydrogens (tertiary/aromatic N) is 2. The van der Waals surface area contributed by atoms with Gasteiger partial charge in [-0.2, -0.15) is 13.2 Å². The van der Waals surface area contributed by atoms with E-state index in [2.05, 4.69) is 20.3 Å². The molecule has 2 aliphatic carbocycles. The molecule has 2 saturated carbocycles. The van der Waals surface area contributed by atoms with Crippen molar-refractivity contribution in [2.24, 2.45) is 5.92 Å². The van der Waals surface area contributed by atoms with Gasteiger partial charge in [-0.3, -0.25) is 19.1 Å². The van der Waals surface area contributed by atoms with E-state index in [0.29, 0.717) is 62.5 Å². The Morgan fingerprint density at radius 2 is 1.81 bits per heavy atom. The summed E-state index contributed by atoms with van der Waals surface area (Å²) in [5.74, 6) is -2.55. The predicted molar refractivity (Wildman–Crippen MR) is 208 cm³/mol. The number of allylic oxidation sites excluding steroid dienone is 1. The number of rotatable bonds is 10. The number of hydrogen-bond acceptors (Lipinski definition) is 11. The molecule has 4 amide bonds. The van der Waals surface area contributed by atoms with E-state index < -0.39 is 92.2 Å².